The zero-order chi connectivity index (χ0) is 17.6. The first-order valence-corrected chi connectivity index (χ1v) is 8.43. The van der Waals surface area contributed by atoms with E-state index in [1.807, 2.05) is 60.7 Å². The minimum atomic E-state index is -0.785. The summed E-state index contributed by atoms with van der Waals surface area (Å²) in [5, 5.41) is 9.12. The van der Waals surface area contributed by atoms with E-state index in [0.717, 1.165) is 5.56 Å². The van der Waals surface area contributed by atoms with E-state index in [1.54, 1.807) is 4.90 Å². The summed E-state index contributed by atoms with van der Waals surface area (Å²) in [6.45, 7) is 0.883. The van der Waals surface area contributed by atoms with E-state index in [0.29, 0.717) is 31.7 Å². The summed E-state index contributed by atoms with van der Waals surface area (Å²) in [4.78, 5) is 25.8. The van der Waals surface area contributed by atoms with Crippen LogP contribution >= 0.6 is 0 Å². The maximum absolute atomic E-state index is 13.0. The van der Waals surface area contributed by atoms with Crippen molar-refractivity contribution in [3.8, 4) is 5.75 Å². The number of aliphatic carboxylic acids is 1. The first kappa shape index (κ1) is 17.0. The predicted molar refractivity (Wildman–Crippen MR) is 93.2 cm³/mol. The first-order valence-electron chi connectivity index (χ1n) is 8.43. The number of amides is 1. The zero-order valence-corrected chi connectivity index (χ0v) is 13.9. The molecule has 2 aromatic carbocycles. The average Bonchev–Trinajstić information content (AvgIpc) is 2.67. The summed E-state index contributed by atoms with van der Waals surface area (Å²) < 4.78 is 5.98. The molecule has 1 unspecified atom stereocenters. The maximum atomic E-state index is 13.0. The number of para-hydroxylation sites is 1. The Morgan fingerprint density at radius 1 is 0.960 bits per heavy atom. The largest absolute Gasteiger partial charge is 0.481 e. The number of piperidine rings is 1. The fraction of sp³-hybridized carbons (Fsp3) is 0.300. The number of carboxylic acids is 1. The number of benzene rings is 2. The van der Waals surface area contributed by atoms with Gasteiger partial charge in [-0.2, -0.15) is 0 Å². The summed E-state index contributed by atoms with van der Waals surface area (Å²) >= 11 is 0. The van der Waals surface area contributed by atoms with E-state index in [1.165, 1.54) is 0 Å². The van der Waals surface area contributed by atoms with Gasteiger partial charge in [-0.15, -0.1) is 0 Å². The van der Waals surface area contributed by atoms with Crippen molar-refractivity contribution in [2.24, 2.45) is 5.92 Å². The average molecular weight is 339 g/mol. The van der Waals surface area contributed by atoms with Crippen LogP contribution < -0.4 is 4.74 Å². The van der Waals surface area contributed by atoms with Crippen molar-refractivity contribution in [1.82, 2.24) is 4.90 Å². The van der Waals surface area contributed by atoms with E-state index >= 15 is 0 Å². The first-order chi connectivity index (χ1) is 12.1. The molecule has 2 aromatic rings. The molecule has 0 aliphatic carbocycles. The van der Waals surface area contributed by atoms with Gasteiger partial charge in [-0.1, -0.05) is 48.5 Å². The Morgan fingerprint density at radius 3 is 2.08 bits per heavy atom. The molecule has 1 aliphatic heterocycles. The highest BCUT2D eigenvalue weighted by atomic mass is 16.5. The number of hydrogen-bond acceptors (Lipinski definition) is 3. The van der Waals surface area contributed by atoms with Gasteiger partial charge in [0, 0.05) is 18.7 Å². The van der Waals surface area contributed by atoms with E-state index in [9.17, 15) is 9.59 Å². The standard InChI is InChI=1S/C20H21NO4/c22-19(21-13-11-16(12-14-21)20(23)24)18(15-7-3-1-4-8-15)25-17-9-5-2-6-10-17/h1-10,16,18H,11-14H2,(H,23,24). The molecule has 5 heteroatoms. The molecule has 5 nitrogen and oxygen atoms in total. The third-order valence-corrected chi connectivity index (χ3v) is 4.48. The van der Waals surface area contributed by atoms with Gasteiger partial charge in [0.05, 0.1) is 5.92 Å². The van der Waals surface area contributed by atoms with E-state index in [4.69, 9.17) is 9.84 Å². The molecule has 1 N–H and O–H groups in total. The second-order valence-electron chi connectivity index (χ2n) is 6.16. The van der Waals surface area contributed by atoms with Gasteiger partial charge >= 0.3 is 5.97 Å². The van der Waals surface area contributed by atoms with Gasteiger partial charge in [0.25, 0.3) is 5.91 Å². The van der Waals surface area contributed by atoms with Gasteiger partial charge in [-0.25, -0.2) is 0 Å². The van der Waals surface area contributed by atoms with Crippen molar-refractivity contribution in [3.63, 3.8) is 0 Å². The SMILES string of the molecule is O=C(O)C1CCN(C(=O)C(Oc2ccccc2)c2ccccc2)CC1. The van der Waals surface area contributed by atoms with E-state index in [-0.39, 0.29) is 11.8 Å². The van der Waals surface area contributed by atoms with Crippen LogP contribution in [0.25, 0.3) is 0 Å². The second-order valence-corrected chi connectivity index (χ2v) is 6.16. The minimum Gasteiger partial charge on any atom is -0.481 e. The summed E-state index contributed by atoms with van der Waals surface area (Å²) in [6, 6.07) is 18.6. The van der Waals surface area contributed by atoms with Crippen molar-refractivity contribution in [2.75, 3.05) is 13.1 Å². The molecule has 1 heterocycles. The number of carbonyl (C=O) groups is 2. The van der Waals surface area contributed by atoms with Crippen LogP contribution in [0.3, 0.4) is 0 Å². The number of nitrogens with zero attached hydrogens (tertiary/aromatic N) is 1. The van der Waals surface area contributed by atoms with Gasteiger partial charge in [0.1, 0.15) is 5.75 Å². The van der Waals surface area contributed by atoms with Gasteiger partial charge < -0.3 is 14.7 Å². The lowest BCUT2D eigenvalue weighted by molar-refractivity contribution is -0.148. The van der Waals surface area contributed by atoms with Crippen LogP contribution in [0, 0.1) is 5.92 Å². The number of likely N-dealkylation sites (tertiary alicyclic amines) is 1. The summed E-state index contributed by atoms with van der Waals surface area (Å²) in [5.41, 5.74) is 0.789. The lowest BCUT2D eigenvalue weighted by Crippen LogP contribution is -2.43. The molecule has 130 valence electrons. The second kappa shape index (κ2) is 7.83. The monoisotopic (exact) mass is 339 g/mol. The summed E-state index contributed by atoms with van der Waals surface area (Å²) in [5.74, 6) is -0.648. The highest BCUT2D eigenvalue weighted by Crippen LogP contribution is 2.26. The van der Waals surface area contributed by atoms with Crippen molar-refractivity contribution >= 4 is 11.9 Å². The lowest BCUT2D eigenvalue weighted by atomic mass is 9.96. The Morgan fingerprint density at radius 2 is 1.52 bits per heavy atom. The number of carboxylic acid groups (broad SMARTS) is 1. The smallest absolute Gasteiger partial charge is 0.306 e. The Bertz CT molecular complexity index is 709. The molecule has 0 aromatic heterocycles. The molecule has 1 aliphatic rings. The lowest BCUT2D eigenvalue weighted by Gasteiger charge is -2.33. The summed E-state index contributed by atoms with van der Waals surface area (Å²) in [6.07, 6.45) is 0.229. The van der Waals surface area contributed by atoms with Gasteiger partial charge in [0.2, 0.25) is 6.10 Å². The van der Waals surface area contributed by atoms with Crippen LogP contribution in [0.2, 0.25) is 0 Å². The van der Waals surface area contributed by atoms with Crippen LogP contribution in [0.5, 0.6) is 5.75 Å². The molecule has 0 spiro atoms. The van der Waals surface area contributed by atoms with Crippen LogP contribution in [-0.4, -0.2) is 35.0 Å². The third kappa shape index (κ3) is 4.18. The van der Waals surface area contributed by atoms with Crippen molar-refractivity contribution < 1.29 is 19.4 Å². The fourth-order valence-electron chi connectivity index (χ4n) is 3.04. The Kier molecular flexibility index (Phi) is 5.33. The third-order valence-electron chi connectivity index (χ3n) is 4.48. The van der Waals surface area contributed by atoms with E-state index < -0.39 is 12.1 Å². The Hall–Kier alpha value is -2.82. The quantitative estimate of drug-likeness (QED) is 0.909. The molecule has 1 atom stereocenters. The van der Waals surface area contributed by atoms with Gasteiger partial charge in [0.15, 0.2) is 0 Å². The van der Waals surface area contributed by atoms with Crippen molar-refractivity contribution in [1.29, 1.82) is 0 Å². The Balaban J connectivity index is 1.77. The summed E-state index contributed by atoms with van der Waals surface area (Å²) in [7, 11) is 0. The highest BCUT2D eigenvalue weighted by Gasteiger charge is 2.32. The van der Waals surface area contributed by atoms with Crippen LogP contribution in [-0.2, 0) is 9.59 Å². The normalized spacial score (nSPS) is 16.2. The van der Waals surface area contributed by atoms with Gasteiger partial charge in [-0.3, -0.25) is 9.59 Å². The molecular weight excluding hydrogens is 318 g/mol. The van der Waals surface area contributed by atoms with Crippen molar-refractivity contribution in [2.45, 2.75) is 18.9 Å². The highest BCUT2D eigenvalue weighted by molar-refractivity contribution is 5.83. The zero-order valence-electron chi connectivity index (χ0n) is 13.9. The number of rotatable bonds is 5. The fourth-order valence-corrected chi connectivity index (χ4v) is 3.04. The molecule has 25 heavy (non-hydrogen) atoms. The molecule has 1 saturated heterocycles. The van der Waals surface area contributed by atoms with Crippen LogP contribution in [0.1, 0.15) is 24.5 Å². The topological polar surface area (TPSA) is 66.8 Å². The van der Waals surface area contributed by atoms with Crippen LogP contribution in [0.4, 0.5) is 0 Å². The molecule has 0 radical (unpaired) electrons. The minimum absolute atomic E-state index is 0.126. The number of carbonyl (C=O) groups excluding carboxylic acids is 1. The number of ether oxygens (including phenoxy) is 1. The molecule has 0 saturated carbocycles. The maximum Gasteiger partial charge on any atom is 0.306 e. The Labute approximate surface area is 146 Å². The molecule has 0 bridgehead atoms. The van der Waals surface area contributed by atoms with Crippen LogP contribution in [0.15, 0.2) is 60.7 Å². The van der Waals surface area contributed by atoms with Gasteiger partial charge in [-0.05, 0) is 25.0 Å². The number of hydrogen-bond donors (Lipinski definition) is 1. The predicted octanol–water partition coefficient (Wildman–Crippen LogP) is 3.13. The molecular formula is C20H21NO4. The molecule has 3 rings (SSSR count). The van der Waals surface area contributed by atoms with Crippen molar-refractivity contribution in [3.05, 3.63) is 66.2 Å². The molecule has 1 amide bonds. The molecule has 1 fully saturated rings. The van der Waals surface area contributed by atoms with E-state index in [2.05, 4.69) is 0 Å².